The van der Waals surface area contributed by atoms with Crippen LogP contribution in [0.2, 0.25) is 10.0 Å². The third-order valence-corrected chi connectivity index (χ3v) is 12.9. The Morgan fingerprint density at radius 1 is 0.605 bits per heavy atom. The molecule has 27 heteroatoms. The van der Waals surface area contributed by atoms with E-state index in [1.54, 1.807) is 0 Å². The topological polar surface area (TPSA) is 161 Å². The summed E-state index contributed by atoms with van der Waals surface area (Å²) >= 11 is 12.9. The summed E-state index contributed by atoms with van der Waals surface area (Å²) in [5.74, 6) is -10.5. The minimum absolute atomic E-state index is 0.103. The summed E-state index contributed by atoms with van der Waals surface area (Å²) in [6.45, 7) is 4.11. The molecule has 4 aromatic heterocycles. The Balaban J connectivity index is 1.39. The van der Waals surface area contributed by atoms with Crippen LogP contribution in [-0.4, -0.2) is 55.6 Å². The van der Waals surface area contributed by atoms with Crippen molar-refractivity contribution < 1.29 is 86.3 Å². The first-order chi connectivity index (χ1) is 35.0. The Bertz CT molecular complexity index is 3330. The average Bonchev–Trinajstić information content (AvgIpc) is 3.31. The van der Waals surface area contributed by atoms with Crippen molar-refractivity contribution in [3.8, 4) is 23.3 Å². The van der Waals surface area contributed by atoms with Crippen LogP contribution >= 0.6 is 23.2 Å². The molecule has 76 heavy (non-hydrogen) atoms. The highest BCUT2D eigenvalue weighted by molar-refractivity contribution is 6.32. The molecular weight excluding hydrogens is 1090 g/mol. The molecule has 4 unspecified atom stereocenters. The van der Waals surface area contributed by atoms with Crippen LogP contribution in [0, 0.1) is 13.8 Å². The number of carbonyl (C=O) groups excluding carboxylic acids is 2. The summed E-state index contributed by atoms with van der Waals surface area (Å²) in [6.07, 6.45) is -19.8. The number of ether oxygens (including phenoxy) is 4. The zero-order chi connectivity index (χ0) is 57.0. The minimum Gasteiger partial charge on any atom is -0.465 e. The molecule has 0 radical (unpaired) electrons. The third-order valence-electron chi connectivity index (χ3n) is 12.3. The number of rotatable bonds is 13. The Kier molecular flexibility index (Phi) is 15.9. The first-order valence-corrected chi connectivity index (χ1v) is 22.4. The van der Waals surface area contributed by atoms with Crippen LogP contribution < -0.4 is 20.6 Å². The van der Waals surface area contributed by atoms with Gasteiger partial charge in [-0.25, -0.2) is 19.6 Å². The fraction of sp³-hybridized carbons (Fsp3) is 0.306. The molecule has 406 valence electrons. The Morgan fingerprint density at radius 2 is 1.01 bits per heavy atom. The number of nitrogens with zero attached hydrogens (tertiary/aromatic N) is 4. The minimum atomic E-state index is -5.80. The second-order valence-electron chi connectivity index (χ2n) is 17.2. The van der Waals surface area contributed by atoms with E-state index < -0.39 is 143 Å². The maximum Gasteiger partial charge on any atom is 0.433 e. The van der Waals surface area contributed by atoms with Crippen molar-refractivity contribution in [2.75, 3.05) is 7.11 Å². The first-order valence-electron chi connectivity index (χ1n) is 21.6. The molecule has 13 nitrogen and oxygen atoms in total. The number of halogens is 14. The van der Waals surface area contributed by atoms with Crippen molar-refractivity contribution in [2.24, 2.45) is 14.1 Å². The summed E-state index contributed by atoms with van der Waals surface area (Å²) in [5, 5.41) is 10.2. The smallest absolute Gasteiger partial charge is 0.433 e. The molecule has 0 amide bonds. The molecule has 0 spiro atoms. The summed E-state index contributed by atoms with van der Waals surface area (Å²) in [4.78, 5) is 58.4. The largest absolute Gasteiger partial charge is 0.465 e. The SMILES string of the molecule is COC(=O)c1cnc(Oc2ccc(C(C)C(OC(=O)c3cnc(Oc4ccc(C(C)C(O)(c5cc(C)c(=O)n(C)c5)C(F)(F)F)c(Cl)c4)cc3C(F)(F)F)(c3cc(C)c(=O)n(C)c3)C(F)(F)F)c(Cl)c2)cc1C(F)(F)F. The second-order valence-corrected chi connectivity index (χ2v) is 18.0. The van der Waals surface area contributed by atoms with Crippen LogP contribution in [0.1, 0.15) is 90.9 Å². The van der Waals surface area contributed by atoms with Gasteiger partial charge in [0, 0.05) is 95.2 Å². The first kappa shape index (κ1) is 58.1. The fourth-order valence-corrected chi connectivity index (χ4v) is 8.98. The number of benzene rings is 2. The fourth-order valence-electron chi connectivity index (χ4n) is 8.31. The lowest BCUT2D eigenvalue weighted by atomic mass is 9.77. The lowest BCUT2D eigenvalue weighted by molar-refractivity contribution is -0.274. The molecule has 0 fully saturated rings. The highest BCUT2D eigenvalue weighted by atomic mass is 35.5. The summed E-state index contributed by atoms with van der Waals surface area (Å²) in [5.41, 5.74) is -18.4. The van der Waals surface area contributed by atoms with Gasteiger partial charge in [-0.1, -0.05) is 49.2 Å². The number of hydrogen-bond acceptors (Lipinski definition) is 11. The molecule has 6 aromatic rings. The molecule has 0 saturated heterocycles. The van der Waals surface area contributed by atoms with E-state index in [1.807, 2.05) is 0 Å². The normalized spacial score (nSPS) is 14.8. The number of alkyl halides is 12. The van der Waals surface area contributed by atoms with Crippen molar-refractivity contribution in [2.45, 2.75) is 75.4 Å². The van der Waals surface area contributed by atoms with Gasteiger partial charge in [-0.3, -0.25) is 9.59 Å². The lowest BCUT2D eigenvalue weighted by Gasteiger charge is -2.41. The van der Waals surface area contributed by atoms with Crippen LogP contribution in [0.4, 0.5) is 52.7 Å². The monoisotopic (exact) mass is 1120 g/mol. The maximum atomic E-state index is 16.1. The number of esters is 2. The van der Waals surface area contributed by atoms with Gasteiger partial charge in [0.05, 0.1) is 29.4 Å². The molecule has 0 aliphatic heterocycles. The van der Waals surface area contributed by atoms with E-state index in [4.69, 9.17) is 37.4 Å². The third kappa shape index (κ3) is 11.1. The zero-order valence-corrected chi connectivity index (χ0v) is 41.5. The Morgan fingerprint density at radius 3 is 1.39 bits per heavy atom. The summed E-state index contributed by atoms with van der Waals surface area (Å²) in [6, 6.07) is 7.34. The number of pyridine rings is 4. The number of carbonyl (C=O) groups is 2. The molecule has 0 bridgehead atoms. The van der Waals surface area contributed by atoms with Crippen LogP contribution in [0.3, 0.4) is 0 Å². The van der Waals surface area contributed by atoms with Gasteiger partial charge in [-0.05, 0) is 61.4 Å². The summed E-state index contributed by atoms with van der Waals surface area (Å²) < 4.78 is 201. The predicted octanol–water partition coefficient (Wildman–Crippen LogP) is 12.2. The maximum absolute atomic E-state index is 16.1. The van der Waals surface area contributed by atoms with Crippen LogP contribution in [0.15, 0.2) is 95.0 Å². The van der Waals surface area contributed by atoms with Crippen molar-refractivity contribution in [1.29, 1.82) is 0 Å². The average molecular weight is 1130 g/mol. The second kappa shape index (κ2) is 20.8. The van der Waals surface area contributed by atoms with Crippen LogP contribution in [0.25, 0.3) is 0 Å². The van der Waals surface area contributed by atoms with Crippen molar-refractivity contribution in [3.05, 3.63) is 172 Å². The van der Waals surface area contributed by atoms with E-state index in [2.05, 4.69) is 14.7 Å². The Labute approximate surface area is 431 Å². The number of aryl methyl sites for hydroxylation is 4. The highest BCUT2D eigenvalue weighted by Crippen LogP contribution is 2.54. The number of aromatic nitrogens is 4. The van der Waals surface area contributed by atoms with Gasteiger partial charge in [-0.15, -0.1) is 0 Å². The van der Waals surface area contributed by atoms with Gasteiger partial charge in [-0.2, -0.15) is 52.7 Å². The molecule has 0 aliphatic rings. The van der Waals surface area contributed by atoms with Gasteiger partial charge < -0.3 is 33.2 Å². The lowest BCUT2D eigenvalue weighted by Crippen LogP contribution is -2.51. The van der Waals surface area contributed by atoms with Crippen LogP contribution in [-0.2, 0) is 47.1 Å². The predicted molar refractivity (Wildman–Crippen MR) is 246 cm³/mol. The quantitative estimate of drug-likeness (QED) is 0.0865. The van der Waals surface area contributed by atoms with E-state index in [0.29, 0.717) is 29.1 Å². The van der Waals surface area contributed by atoms with Gasteiger partial charge in [0.1, 0.15) is 11.5 Å². The van der Waals surface area contributed by atoms with Crippen LogP contribution in [0.5, 0.6) is 23.3 Å². The van der Waals surface area contributed by atoms with E-state index in [-0.39, 0.29) is 29.0 Å². The van der Waals surface area contributed by atoms with E-state index >= 15 is 13.2 Å². The zero-order valence-electron chi connectivity index (χ0n) is 40.0. The van der Waals surface area contributed by atoms with Crippen molar-refractivity contribution >= 4 is 35.1 Å². The van der Waals surface area contributed by atoms with E-state index in [0.717, 1.165) is 88.2 Å². The van der Waals surface area contributed by atoms with E-state index in [1.165, 1.54) is 14.0 Å². The number of hydrogen-bond donors (Lipinski definition) is 1. The molecule has 0 saturated carbocycles. The molecule has 1 N–H and O–H groups in total. The number of aliphatic hydroxyl groups is 1. The van der Waals surface area contributed by atoms with Crippen molar-refractivity contribution in [3.63, 3.8) is 0 Å². The molecule has 2 aromatic carbocycles. The van der Waals surface area contributed by atoms with Gasteiger partial charge in [0.25, 0.3) is 11.1 Å². The summed E-state index contributed by atoms with van der Waals surface area (Å²) in [7, 11) is 3.02. The number of methoxy groups -OCH3 is 1. The van der Waals surface area contributed by atoms with Gasteiger partial charge in [0.15, 0.2) is 5.60 Å². The Hall–Kier alpha value is -7.12. The van der Waals surface area contributed by atoms with Gasteiger partial charge >= 0.3 is 36.6 Å². The van der Waals surface area contributed by atoms with Gasteiger partial charge in [0.2, 0.25) is 17.4 Å². The molecule has 4 atom stereocenters. The molecular formula is C49H38Cl2F12N4O9. The molecule has 4 heterocycles. The highest BCUT2D eigenvalue weighted by Gasteiger charge is 2.64. The molecule has 0 aliphatic carbocycles. The molecule has 6 rings (SSSR count). The van der Waals surface area contributed by atoms with Crippen molar-refractivity contribution in [1.82, 2.24) is 19.1 Å². The standard InChI is InChI=1S/C49H38Cl2F12N4O9/c1-22-12-26(20-66(5)40(22)68)44(72,48(58,59)60)24(3)30-10-8-28(14-36(30)50)74-39-17-35(47(55,56)57)33(19-65-39)43(71)76-45(49(61,62)63,27-13-23(2)41(69)67(6)21-27)25(4)31-11-9-29(15-37(31)51)75-38-16-34(46(52,53)54)32(18-64-38)42(70)73-7/h8-21,24-25,72H,1-7H3. The van der Waals surface area contributed by atoms with E-state index in [9.17, 15) is 63.8 Å².